The van der Waals surface area contributed by atoms with Crippen molar-refractivity contribution < 1.29 is 0 Å². The van der Waals surface area contributed by atoms with Crippen LogP contribution in [-0.2, 0) is 0 Å². The Kier molecular flexibility index (Phi) is 3.71. The second-order valence-electron chi connectivity index (χ2n) is 3.61. The molecule has 0 saturated carbocycles. The number of rotatable bonds is 3. The van der Waals surface area contributed by atoms with Crippen LogP contribution < -0.4 is 0 Å². The lowest BCUT2D eigenvalue weighted by Gasteiger charge is -2.14. The highest BCUT2D eigenvalue weighted by atomic mass is 16.4. The van der Waals surface area contributed by atoms with Gasteiger partial charge in [-0.1, -0.05) is 60.7 Å². The molecule has 0 bridgehead atoms. The first kappa shape index (κ1) is 11.9. The van der Waals surface area contributed by atoms with Gasteiger partial charge in [-0.25, -0.2) is 0 Å². The third-order valence-electron chi connectivity index (χ3n) is 2.50. The first-order chi connectivity index (χ1) is 8.86. The molecule has 0 heterocycles. The van der Waals surface area contributed by atoms with E-state index >= 15 is 0 Å². The van der Waals surface area contributed by atoms with Gasteiger partial charge in [0.05, 0.1) is 11.4 Å². The van der Waals surface area contributed by atoms with E-state index in [9.17, 15) is 10.4 Å². The fourth-order valence-corrected chi connectivity index (χ4v) is 1.66. The summed E-state index contributed by atoms with van der Waals surface area (Å²) in [7, 11) is 0. The predicted molar refractivity (Wildman–Crippen MR) is 72.7 cm³/mol. The van der Waals surface area contributed by atoms with Gasteiger partial charge in [-0.2, -0.15) is 0 Å². The third kappa shape index (κ3) is 2.38. The molecule has 0 amide bonds. The van der Waals surface area contributed by atoms with Crippen molar-refractivity contribution in [3.63, 3.8) is 0 Å². The molecular formula is C14H10N2O2-2. The third-order valence-corrected chi connectivity index (χ3v) is 2.50. The van der Waals surface area contributed by atoms with Crippen molar-refractivity contribution in [2.45, 2.75) is 0 Å². The quantitative estimate of drug-likeness (QED) is 0.609. The lowest BCUT2D eigenvalue weighted by atomic mass is 10.0. The van der Waals surface area contributed by atoms with Gasteiger partial charge in [0.1, 0.15) is 0 Å². The maximum atomic E-state index is 11.0. The summed E-state index contributed by atoms with van der Waals surface area (Å²) in [6.07, 6.45) is 0. The van der Waals surface area contributed by atoms with E-state index in [2.05, 4.69) is 10.3 Å². The van der Waals surface area contributed by atoms with Crippen molar-refractivity contribution >= 4 is 11.4 Å². The maximum Gasteiger partial charge on any atom is 0.0847 e. The minimum atomic E-state index is 0.0526. The molecule has 0 spiro atoms. The number of hydrogen-bond donors (Lipinski definition) is 0. The largest absolute Gasteiger partial charge is 0.791 e. The maximum absolute atomic E-state index is 11.0. The van der Waals surface area contributed by atoms with Crippen molar-refractivity contribution in [3.05, 3.63) is 82.2 Å². The first-order valence-corrected chi connectivity index (χ1v) is 5.38. The second-order valence-corrected chi connectivity index (χ2v) is 3.61. The standard InChI is InChI=1S/C14H12N2O2/c17-15-13(11-7-3-1-4-8-11)14(16-18)12-9-5-2-6-10-12/h1-10,17-18H/p-2. The van der Waals surface area contributed by atoms with Crippen molar-refractivity contribution in [1.29, 1.82) is 0 Å². The van der Waals surface area contributed by atoms with Crippen LogP contribution in [0.2, 0.25) is 0 Å². The Labute approximate surface area is 105 Å². The topological polar surface area (TPSA) is 70.8 Å². The molecule has 0 fully saturated rings. The van der Waals surface area contributed by atoms with E-state index in [1.165, 1.54) is 0 Å². The van der Waals surface area contributed by atoms with E-state index < -0.39 is 0 Å². The molecule has 2 aromatic carbocycles. The minimum absolute atomic E-state index is 0.0526. The minimum Gasteiger partial charge on any atom is -0.791 e. The summed E-state index contributed by atoms with van der Waals surface area (Å²) >= 11 is 0. The van der Waals surface area contributed by atoms with Gasteiger partial charge in [0.2, 0.25) is 0 Å². The number of benzene rings is 2. The van der Waals surface area contributed by atoms with Crippen LogP contribution in [0.15, 0.2) is 71.0 Å². The van der Waals surface area contributed by atoms with Gasteiger partial charge in [0.25, 0.3) is 0 Å². The molecule has 0 aliphatic heterocycles. The van der Waals surface area contributed by atoms with Crippen molar-refractivity contribution in [2.24, 2.45) is 10.3 Å². The van der Waals surface area contributed by atoms with Crippen LogP contribution in [0.3, 0.4) is 0 Å². The molecule has 0 saturated heterocycles. The monoisotopic (exact) mass is 238 g/mol. The van der Waals surface area contributed by atoms with Crippen LogP contribution >= 0.6 is 0 Å². The Morgan fingerprint density at radius 2 is 0.944 bits per heavy atom. The summed E-state index contributed by atoms with van der Waals surface area (Å²) in [5.74, 6) is 0. The van der Waals surface area contributed by atoms with Gasteiger partial charge >= 0.3 is 0 Å². The molecule has 0 aromatic heterocycles. The number of nitrogens with zero attached hydrogens (tertiary/aromatic N) is 2. The predicted octanol–water partition coefficient (Wildman–Crippen LogP) is 2.96. The van der Waals surface area contributed by atoms with E-state index in [0.717, 1.165) is 0 Å². The first-order valence-electron chi connectivity index (χ1n) is 5.38. The van der Waals surface area contributed by atoms with E-state index in [-0.39, 0.29) is 11.4 Å². The Morgan fingerprint density at radius 1 is 0.611 bits per heavy atom. The summed E-state index contributed by atoms with van der Waals surface area (Å²) in [4.78, 5) is 0. The van der Waals surface area contributed by atoms with Gasteiger partial charge in [-0.15, -0.1) is 0 Å². The van der Waals surface area contributed by atoms with Crippen LogP contribution in [0.5, 0.6) is 0 Å². The van der Waals surface area contributed by atoms with E-state index in [1.54, 1.807) is 48.5 Å². The highest BCUT2D eigenvalue weighted by Gasteiger charge is 2.10. The molecular weight excluding hydrogens is 228 g/mol. The molecule has 18 heavy (non-hydrogen) atoms. The Hall–Kier alpha value is -2.62. The molecule has 0 atom stereocenters. The molecule has 0 aliphatic rings. The summed E-state index contributed by atoms with van der Waals surface area (Å²) in [5, 5.41) is 27.8. The van der Waals surface area contributed by atoms with Crippen molar-refractivity contribution in [1.82, 2.24) is 0 Å². The van der Waals surface area contributed by atoms with Crippen molar-refractivity contribution in [2.75, 3.05) is 0 Å². The van der Waals surface area contributed by atoms with Gasteiger partial charge in [-0.3, -0.25) is 0 Å². The van der Waals surface area contributed by atoms with Crippen LogP contribution in [0.1, 0.15) is 11.1 Å². The van der Waals surface area contributed by atoms with E-state index in [0.29, 0.717) is 11.1 Å². The second kappa shape index (κ2) is 5.63. The fraction of sp³-hybridized carbons (Fsp3) is 0. The highest BCUT2D eigenvalue weighted by molar-refractivity contribution is 6.53. The summed E-state index contributed by atoms with van der Waals surface area (Å²) in [6.45, 7) is 0. The molecule has 4 nitrogen and oxygen atoms in total. The molecule has 4 heteroatoms. The summed E-state index contributed by atoms with van der Waals surface area (Å²) in [6, 6.07) is 17.6. The molecule has 0 N–H and O–H groups in total. The Bertz CT molecular complexity index is 509. The number of hydrogen-bond acceptors (Lipinski definition) is 4. The molecule has 2 rings (SSSR count). The van der Waals surface area contributed by atoms with Gasteiger partial charge in [-0.05, 0) is 0 Å². The zero-order chi connectivity index (χ0) is 12.8. The van der Waals surface area contributed by atoms with Crippen LogP contribution in [-0.4, -0.2) is 11.4 Å². The molecule has 90 valence electrons. The Morgan fingerprint density at radius 3 is 1.22 bits per heavy atom. The molecule has 0 unspecified atom stereocenters. The molecule has 2 aromatic rings. The van der Waals surface area contributed by atoms with Crippen LogP contribution in [0.25, 0.3) is 0 Å². The molecule has 0 aliphatic carbocycles. The van der Waals surface area contributed by atoms with E-state index in [1.807, 2.05) is 12.1 Å². The lowest BCUT2D eigenvalue weighted by Crippen LogP contribution is -2.16. The lowest BCUT2D eigenvalue weighted by molar-refractivity contribution is 1.52. The zero-order valence-corrected chi connectivity index (χ0v) is 9.48. The van der Waals surface area contributed by atoms with E-state index in [4.69, 9.17) is 0 Å². The SMILES string of the molecule is [O-]N=C(C(=N[O-])c1ccccc1)c1ccccc1. The average molecular weight is 238 g/mol. The highest BCUT2D eigenvalue weighted by Crippen LogP contribution is 2.10. The average Bonchev–Trinajstić information content (AvgIpc) is 2.46. The fourth-order valence-electron chi connectivity index (χ4n) is 1.66. The molecule has 0 radical (unpaired) electrons. The van der Waals surface area contributed by atoms with Crippen LogP contribution in [0.4, 0.5) is 0 Å². The smallest absolute Gasteiger partial charge is 0.0847 e. The van der Waals surface area contributed by atoms with Gasteiger partial charge in [0, 0.05) is 11.1 Å². The Balaban J connectivity index is 2.45. The summed E-state index contributed by atoms with van der Waals surface area (Å²) < 4.78 is 0. The van der Waals surface area contributed by atoms with Gasteiger partial charge < -0.3 is 20.7 Å². The van der Waals surface area contributed by atoms with Crippen molar-refractivity contribution in [3.8, 4) is 0 Å². The van der Waals surface area contributed by atoms with Gasteiger partial charge in [0.15, 0.2) is 0 Å². The van der Waals surface area contributed by atoms with Crippen LogP contribution in [0, 0.1) is 10.4 Å². The zero-order valence-electron chi connectivity index (χ0n) is 9.48. The summed E-state index contributed by atoms with van der Waals surface area (Å²) in [5.41, 5.74) is 1.26. The normalized spacial score (nSPS) is 12.4.